The first kappa shape index (κ1) is 35.6. The largest absolute Gasteiger partial charge is 0.381 e. The third-order valence-corrected chi connectivity index (χ3v) is 11.6. The summed E-state index contributed by atoms with van der Waals surface area (Å²) in [6, 6.07) is 16.4. The Morgan fingerprint density at radius 3 is 1.79 bits per heavy atom. The summed E-state index contributed by atoms with van der Waals surface area (Å²) in [5, 5.41) is 10.00. The van der Waals surface area contributed by atoms with Crippen molar-refractivity contribution in [2.24, 2.45) is 0 Å². The Morgan fingerprint density at radius 1 is 0.717 bits per heavy atom. The Balaban J connectivity index is 0.965. The lowest BCUT2D eigenvalue weighted by Gasteiger charge is -2.27. The van der Waals surface area contributed by atoms with E-state index >= 15 is 0 Å². The van der Waals surface area contributed by atoms with Crippen LogP contribution in [0.25, 0.3) is 11.1 Å². The fourth-order valence-electron chi connectivity index (χ4n) is 8.09. The number of benzene rings is 2. The summed E-state index contributed by atoms with van der Waals surface area (Å²) in [4.78, 5) is 39.1. The second kappa shape index (κ2) is 15.9. The number of anilines is 2. The van der Waals surface area contributed by atoms with Gasteiger partial charge in [-0.25, -0.2) is 0 Å². The van der Waals surface area contributed by atoms with Crippen LogP contribution >= 0.6 is 0 Å². The molecule has 8 rings (SSSR count). The van der Waals surface area contributed by atoms with E-state index in [1.807, 2.05) is 62.6 Å². The van der Waals surface area contributed by atoms with Crippen LogP contribution in [0.5, 0.6) is 0 Å². The smallest absolute Gasteiger partial charge is 0.274 e. The minimum absolute atomic E-state index is 0.196. The van der Waals surface area contributed by atoms with E-state index in [4.69, 9.17) is 4.74 Å². The molecule has 2 saturated heterocycles. The molecular formula is C44H52N6O3. The third-order valence-electron chi connectivity index (χ3n) is 11.6. The molecule has 4 aliphatic rings. The van der Waals surface area contributed by atoms with E-state index < -0.39 is 0 Å². The molecular weight excluding hydrogens is 661 g/mol. The van der Waals surface area contributed by atoms with Gasteiger partial charge in [-0.3, -0.25) is 24.5 Å². The highest BCUT2D eigenvalue weighted by atomic mass is 16.5. The topological polar surface area (TPSA) is 108 Å². The summed E-state index contributed by atoms with van der Waals surface area (Å²) in [5.41, 5.74) is 11.2. The van der Waals surface area contributed by atoms with Gasteiger partial charge in [0.1, 0.15) is 11.4 Å². The summed E-state index contributed by atoms with van der Waals surface area (Å²) >= 11 is 0. The van der Waals surface area contributed by atoms with Gasteiger partial charge in [-0.2, -0.15) is 0 Å². The second-order valence-corrected chi connectivity index (χ2v) is 15.6. The summed E-state index contributed by atoms with van der Waals surface area (Å²) in [7, 11) is 0. The molecule has 0 spiro atoms. The number of ether oxygens (including phenoxy) is 1. The summed E-state index contributed by atoms with van der Waals surface area (Å²) in [6.45, 7) is 9.62. The van der Waals surface area contributed by atoms with Gasteiger partial charge in [-0.15, -0.1) is 0 Å². The predicted molar refractivity (Wildman–Crippen MR) is 209 cm³/mol. The number of carbonyl (C=O) groups excluding carboxylic acids is 2. The van der Waals surface area contributed by atoms with Gasteiger partial charge in [0.05, 0.1) is 0 Å². The van der Waals surface area contributed by atoms with E-state index in [1.54, 1.807) is 0 Å². The van der Waals surface area contributed by atoms with Crippen molar-refractivity contribution in [3.05, 3.63) is 106 Å². The van der Waals surface area contributed by atoms with E-state index in [0.29, 0.717) is 29.3 Å². The summed E-state index contributed by atoms with van der Waals surface area (Å²) < 4.78 is 5.51. The molecule has 9 nitrogen and oxygen atoms in total. The zero-order chi connectivity index (χ0) is 36.3. The summed E-state index contributed by atoms with van der Waals surface area (Å²) in [5.74, 6) is 0.619. The highest BCUT2D eigenvalue weighted by Gasteiger charge is 2.30. The van der Waals surface area contributed by atoms with E-state index in [1.165, 1.54) is 54.4 Å². The highest BCUT2D eigenvalue weighted by molar-refractivity contribution is 6.05. The van der Waals surface area contributed by atoms with Crippen LogP contribution in [-0.4, -0.2) is 59.0 Å². The molecule has 3 N–H and O–H groups in total. The third kappa shape index (κ3) is 8.38. The van der Waals surface area contributed by atoms with Gasteiger partial charge in [0.15, 0.2) is 0 Å². The van der Waals surface area contributed by atoms with E-state index in [-0.39, 0.29) is 11.8 Å². The predicted octanol–water partition coefficient (Wildman–Crippen LogP) is 8.27. The van der Waals surface area contributed by atoms with Gasteiger partial charge in [0.25, 0.3) is 11.8 Å². The van der Waals surface area contributed by atoms with Crippen molar-refractivity contribution < 1.29 is 14.3 Å². The molecule has 4 heterocycles. The average molecular weight is 713 g/mol. The monoisotopic (exact) mass is 712 g/mol. The fourth-order valence-corrected chi connectivity index (χ4v) is 8.09. The van der Waals surface area contributed by atoms with Crippen LogP contribution in [0.15, 0.2) is 60.9 Å². The minimum atomic E-state index is -0.214. The van der Waals surface area contributed by atoms with Crippen molar-refractivity contribution in [1.29, 1.82) is 0 Å². The first-order valence-electron chi connectivity index (χ1n) is 19.7. The zero-order valence-electron chi connectivity index (χ0n) is 31.2. The van der Waals surface area contributed by atoms with Crippen LogP contribution in [0.4, 0.5) is 11.4 Å². The molecule has 2 aliphatic heterocycles. The van der Waals surface area contributed by atoms with Gasteiger partial charge in [0.2, 0.25) is 0 Å². The molecule has 0 unspecified atom stereocenters. The van der Waals surface area contributed by atoms with Crippen LogP contribution in [0.1, 0.15) is 124 Å². The molecule has 0 bridgehead atoms. The summed E-state index contributed by atoms with van der Waals surface area (Å²) in [6.07, 6.45) is 14.4. The van der Waals surface area contributed by atoms with Crippen LogP contribution in [0, 0.1) is 13.8 Å². The molecule has 2 saturated carbocycles. The van der Waals surface area contributed by atoms with E-state index in [9.17, 15) is 9.59 Å². The number of carbonyl (C=O) groups is 2. The Morgan fingerprint density at radius 2 is 1.25 bits per heavy atom. The number of likely N-dealkylation sites (tertiary alicyclic amines) is 1. The van der Waals surface area contributed by atoms with Crippen LogP contribution in [0.2, 0.25) is 0 Å². The molecule has 2 aromatic carbocycles. The lowest BCUT2D eigenvalue weighted by molar-refractivity contribution is 0.0775. The lowest BCUT2D eigenvalue weighted by Crippen LogP contribution is -2.34. The number of amides is 2. The Hall–Kier alpha value is -4.44. The maximum absolute atomic E-state index is 13.6. The number of piperidine rings is 1. The van der Waals surface area contributed by atoms with Crippen molar-refractivity contribution in [2.45, 2.75) is 103 Å². The maximum Gasteiger partial charge on any atom is 0.274 e. The maximum atomic E-state index is 13.6. The standard InChI is InChI=1S/C44H52N6O3/c1-28-35(8-6-10-39(28)48-43(51)41-22-37(30-12-13-30)32(25-46-41)24-45-34-16-20-53-21-17-34)36-9-7-11-40(29(36)2)49-44(52)42-23-38(31-14-15-31)33(26-47-42)27-50-18-4-3-5-19-50/h6-11,22-23,25-26,30-31,34,45H,3-5,12-21,24,27H2,1-2H3,(H,48,51)(H,49,52). The second-order valence-electron chi connectivity index (χ2n) is 15.6. The Labute approximate surface area is 313 Å². The SMILES string of the molecule is Cc1c(NC(=O)c2cc(C3CC3)c(CNC3CCOCC3)cn2)cccc1-c1cccc(NC(=O)c2cc(C3CC3)c(CN3CCCCC3)cn2)c1C. The van der Waals surface area contributed by atoms with Gasteiger partial charge >= 0.3 is 0 Å². The molecule has 53 heavy (non-hydrogen) atoms. The molecule has 0 atom stereocenters. The van der Waals surface area contributed by atoms with Crippen LogP contribution in [0.3, 0.4) is 0 Å². The van der Waals surface area contributed by atoms with Crippen LogP contribution < -0.4 is 16.0 Å². The zero-order valence-corrected chi connectivity index (χ0v) is 31.2. The molecule has 4 aromatic rings. The Kier molecular flexibility index (Phi) is 10.7. The van der Waals surface area contributed by atoms with Crippen LogP contribution in [-0.2, 0) is 17.8 Å². The minimum Gasteiger partial charge on any atom is -0.381 e. The molecule has 9 heteroatoms. The van der Waals surface area contributed by atoms with Crippen molar-refractivity contribution in [1.82, 2.24) is 20.2 Å². The number of rotatable bonds is 12. The lowest BCUT2D eigenvalue weighted by atomic mass is 9.94. The van der Waals surface area contributed by atoms with Gasteiger partial charge in [-0.05, 0) is 159 Å². The number of pyridine rings is 2. The fraction of sp³-hybridized carbons (Fsp3) is 0.455. The first-order valence-corrected chi connectivity index (χ1v) is 19.7. The Bertz CT molecular complexity index is 1970. The molecule has 276 valence electrons. The molecule has 2 aliphatic carbocycles. The van der Waals surface area contributed by atoms with Crippen molar-refractivity contribution in [3.8, 4) is 11.1 Å². The number of aromatic nitrogens is 2. The van der Waals surface area contributed by atoms with Crippen molar-refractivity contribution >= 4 is 23.2 Å². The quantitative estimate of drug-likeness (QED) is 0.136. The molecule has 2 amide bonds. The van der Waals surface area contributed by atoms with Gasteiger partial charge in [-0.1, -0.05) is 30.7 Å². The molecule has 2 aromatic heterocycles. The average Bonchev–Trinajstić information content (AvgIpc) is 4.12. The van der Waals surface area contributed by atoms with Gasteiger partial charge in [0, 0.05) is 56.1 Å². The first-order chi connectivity index (χ1) is 25.9. The van der Waals surface area contributed by atoms with E-state index in [2.05, 4.69) is 43.0 Å². The molecule has 4 fully saturated rings. The number of nitrogens with one attached hydrogen (secondary N) is 3. The van der Waals surface area contributed by atoms with Crippen molar-refractivity contribution in [2.75, 3.05) is 36.9 Å². The normalized spacial score (nSPS) is 18.2. The van der Waals surface area contributed by atoms with Gasteiger partial charge < -0.3 is 20.7 Å². The van der Waals surface area contributed by atoms with E-state index in [0.717, 1.165) is 98.7 Å². The highest BCUT2D eigenvalue weighted by Crippen LogP contribution is 2.43. The number of hydrogen-bond acceptors (Lipinski definition) is 7. The number of hydrogen-bond donors (Lipinski definition) is 3. The molecule has 0 radical (unpaired) electrons. The number of nitrogens with zero attached hydrogens (tertiary/aromatic N) is 3. The van der Waals surface area contributed by atoms with Crippen molar-refractivity contribution in [3.63, 3.8) is 0 Å².